The summed E-state index contributed by atoms with van der Waals surface area (Å²) in [6.45, 7) is 6.79. The predicted molar refractivity (Wildman–Crippen MR) is 70.4 cm³/mol. The number of nitrogens with one attached hydrogen (secondary N) is 1. The Hall–Kier alpha value is -1.58. The Morgan fingerprint density at radius 1 is 1.41 bits per heavy atom. The van der Waals surface area contributed by atoms with Crippen LogP contribution in [0, 0.1) is 17.2 Å². The zero-order valence-electron chi connectivity index (χ0n) is 10.5. The molecule has 4 heteroatoms. The molecule has 0 saturated carbocycles. The fourth-order valence-electron chi connectivity index (χ4n) is 2.23. The quantitative estimate of drug-likeness (QED) is 0.604. The number of pyridine rings is 1. The third-order valence-electron chi connectivity index (χ3n) is 3.72. The van der Waals surface area contributed by atoms with Gasteiger partial charge in [-0.25, -0.2) is 0 Å². The van der Waals surface area contributed by atoms with Gasteiger partial charge in [-0.15, -0.1) is 0 Å². The number of rotatable bonds is 2. The first-order valence-electron chi connectivity index (χ1n) is 6.13. The molecule has 0 bridgehead atoms. The number of aromatic nitrogens is 1. The van der Waals surface area contributed by atoms with Crippen LogP contribution in [0.5, 0.6) is 0 Å². The fraction of sp³-hybridized carbons (Fsp3) is 0.538. The van der Waals surface area contributed by atoms with Crippen molar-refractivity contribution in [1.82, 2.24) is 4.98 Å². The lowest BCUT2D eigenvalue weighted by Gasteiger charge is -2.36. The van der Waals surface area contributed by atoms with Gasteiger partial charge in [0.1, 0.15) is 11.5 Å². The minimum atomic E-state index is 0.0252. The van der Waals surface area contributed by atoms with E-state index < -0.39 is 0 Å². The molecular weight excluding hydrogens is 212 g/mol. The SMILES string of the molecule is CC1CCN(c2ccc(C(=N)N)nc2)CC1C. The molecule has 1 aromatic rings. The summed E-state index contributed by atoms with van der Waals surface area (Å²) in [6, 6.07) is 3.83. The second kappa shape index (κ2) is 4.73. The van der Waals surface area contributed by atoms with Crippen molar-refractivity contribution in [3.8, 4) is 0 Å². The van der Waals surface area contributed by atoms with E-state index in [-0.39, 0.29) is 5.84 Å². The summed E-state index contributed by atoms with van der Waals surface area (Å²) >= 11 is 0. The minimum absolute atomic E-state index is 0.0252. The summed E-state index contributed by atoms with van der Waals surface area (Å²) in [5.41, 5.74) is 7.07. The summed E-state index contributed by atoms with van der Waals surface area (Å²) in [7, 11) is 0. The number of amidine groups is 1. The molecule has 3 N–H and O–H groups in total. The van der Waals surface area contributed by atoms with Crippen LogP contribution < -0.4 is 10.6 Å². The number of nitrogen functional groups attached to an aromatic ring is 1. The van der Waals surface area contributed by atoms with Gasteiger partial charge < -0.3 is 10.6 Å². The zero-order valence-corrected chi connectivity index (χ0v) is 10.5. The maximum atomic E-state index is 7.31. The van der Waals surface area contributed by atoms with Gasteiger partial charge in [-0.1, -0.05) is 13.8 Å². The van der Waals surface area contributed by atoms with Crippen molar-refractivity contribution in [2.75, 3.05) is 18.0 Å². The Bertz CT molecular complexity index is 398. The van der Waals surface area contributed by atoms with E-state index in [0.29, 0.717) is 5.69 Å². The minimum Gasteiger partial charge on any atom is -0.382 e. The molecule has 2 rings (SSSR count). The van der Waals surface area contributed by atoms with Gasteiger partial charge in [0.05, 0.1) is 11.9 Å². The van der Waals surface area contributed by atoms with Crippen molar-refractivity contribution in [2.24, 2.45) is 17.6 Å². The van der Waals surface area contributed by atoms with Gasteiger partial charge in [-0.3, -0.25) is 10.4 Å². The molecule has 0 amide bonds. The maximum absolute atomic E-state index is 7.31. The summed E-state index contributed by atoms with van der Waals surface area (Å²) in [5, 5.41) is 7.31. The highest BCUT2D eigenvalue weighted by Gasteiger charge is 2.22. The molecule has 0 aliphatic carbocycles. The fourth-order valence-corrected chi connectivity index (χ4v) is 2.23. The van der Waals surface area contributed by atoms with E-state index in [0.717, 1.165) is 30.6 Å². The molecule has 1 fully saturated rings. The molecule has 1 aromatic heterocycles. The van der Waals surface area contributed by atoms with Gasteiger partial charge in [-0.2, -0.15) is 0 Å². The highest BCUT2D eigenvalue weighted by atomic mass is 15.1. The van der Waals surface area contributed by atoms with E-state index >= 15 is 0 Å². The average Bonchev–Trinajstić information content (AvgIpc) is 2.33. The molecule has 2 atom stereocenters. The molecule has 4 nitrogen and oxygen atoms in total. The number of hydrogen-bond acceptors (Lipinski definition) is 3. The summed E-state index contributed by atoms with van der Waals surface area (Å²) in [6.07, 6.45) is 3.05. The van der Waals surface area contributed by atoms with Gasteiger partial charge in [0.15, 0.2) is 0 Å². The van der Waals surface area contributed by atoms with Crippen LogP contribution in [0.2, 0.25) is 0 Å². The zero-order chi connectivity index (χ0) is 12.4. The van der Waals surface area contributed by atoms with Gasteiger partial charge in [0.25, 0.3) is 0 Å². The second-order valence-electron chi connectivity index (χ2n) is 5.00. The van der Waals surface area contributed by atoms with Crippen LogP contribution in [0.4, 0.5) is 5.69 Å². The first-order chi connectivity index (χ1) is 8.08. The molecule has 1 aliphatic heterocycles. The van der Waals surface area contributed by atoms with E-state index in [1.54, 1.807) is 0 Å². The van der Waals surface area contributed by atoms with E-state index in [1.165, 1.54) is 6.42 Å². The molecule has 1 saturated heterocycles. The van der Waals surface area contributed by atoms with Crippen LogP contribution in [0.15, 0.2) is 18.3 Å². The average molecular weight is 232 g/mol. The Balaban J connectivity index is 2.10. The van der Waals surface area contributed by atoms with Crippen LogP contribution in [0.25, 0.3) is 0 Å². The van der Waals surface area contributed by atoms with Crippen LogP contribution >= 0.6 is 0 Å². The normalized spacial score (nSPS) is 24.7. The molecular formula is C13H20N4. The Morgan fingerprint density at radius 3 is 2.71 bits per heavy atom. The molecule has 0 aromatic carbocycles. The van der Waals surface area contributed by atoms with Crippen molar-refractivity contribution in [1.29, 1.82) is 5.41 Å². The van der Waals surface area contributed by atoms with Crippen LogP contribution in [0.3, 0.4) is 0 Å². The van der Waals surface area contributed by atoms with Crippen molar-refractivity contribution in [3.63, 3.8) is 0 Å². The standard InChI is InChI=1S/C13H20N4/c1-9-5-6-17(8-10(9)2)11-3-4-12(13(14)15)16-7-11/h3-4,7,9-10H,5-6,8H2,1-2H3,(H3,14,15). The van der Waals surface area contributed by atoms with Gasteiger partial charge in [0.2, 0.25) is 0 Å². The highest BCUT2D eigenvalue weighted by Crippen LogP contribution is 2.26. The number of piperidine rings is 1. The van der Waals surface area contributed by atoms with Crippen molar-refractivity contribution >= 4 is 11.5 Å². The van der Waals surface area contributed by atoms with E-state index in [9.17, 15) is 0 Å². The molecule has 1 aliphatic rings. The molecule has 0 spiro atoms. The Kier molecular flexibility index (Phi) is 3.31. The molecule has 17 heavy (non-hydrogen) atoms. The van der Waals surface area contributed by atoms with E-state index in [1.807, 2.05) is 18.3 Å². The number of nitrogens with zero attached hydrogens (tertiary/aromatic N) is 2. The predicted octanol–water partition coefficient (Wildman–Crippen LogP) is 1.85. The Labute approximate surface area is 102 Å². The summed E-state index contributed by atoms with van der Waals surface area (Å²) in [5.74, 6) is 1.55. The molecule has 2 heterocycles. The second-order valence-corrected chi connectivity index (χ2v) is 5.00. The lowest BCUT2D eigenvalue weighted by atomic mass is 9.88. The van der Waals surface area contributed by atoms with E-state index in [4.69, 9.17) is 11.1 Å². The molecule has 92 valence electrons. The van der Waals surface area contributed by atoms with Crippen molar-refractivity contribution in [2.45, 2.75) is 20.3 Å². The summed E-state index contributed by atoms with van der Waals surface area (Å²) in [4.78, 5) is 6.57. The maximum Gasteiger partial charge on any atom is 0.141 e. The van der Waals surface area contributed by atoms with Crippen molar-refractivity contribution in [3.05, 3.63) is 24.0 Å². The topological polar surface area (TPSA) is 66.0 Å². The Morgan fingerprint density at radius 2 is 2.18 bits per heavy atom. The number of nitrogens with two attached hydrogens (primary N) is 1. The van der Waals surface area contributed by atoms with Gasteiger partial charge in [-0.05, 0) is 30.4 Å². The van der Waals surface area contributed by atoms with E-state index in [2.05, 4.69) is 23.7 Å². The number of anilines is 1. The first-order valence-corrected chi connectivity index (χ1v) is 6.13. The van der Waals surface area contributed by atoms with Crippen LogP contribution in [-0.4, -0.2) is 23.9 Å². The van der Waals surface area contributed by atoms with Crippen LogP contribution in [0.1, 0.15) is 26.0 Å². The lowest BCUT2D eigenvalue weighted by molar-refractivity contribution is 0.324. The monoisotopic (exact) mass is 232 g/mol. The third kappa shape index (κ3) is 2.57. The molecule has 0 radical (unpaired) electrons. The van der Waals surface area contributed by atoms with Gasteiger partial charge >= 0.3 is 0 Å². The van der Waals surface area contributed by atoms with Crippen molar-refractivity contribution < 1.29 is 0 Å². The third-order valence-corrected chi connectivity index (χ3v) is 3.72. The molecule has 2 unspecified atom stereocenters. The van der Waals surface area contributed by atoms with Gasteiger partial charge in [0, 0.05) is 13.1 Å². The van der Waals surface area contributed by atoms with Crippen LogP contribution in [-0.2, 0) is 0 Å². The first kappa shape index (κ1) is 11.9. The lowest BCUT2D eigenvalue weighted by Crippen LogP contribution is -2.38. The number of hydrogen-bond donors (Lipinski definition) is 2. The largest absolute Gasteiger partial charge is 0.382 e. The summed E-state index contributed by atoms with van der Waals surface area (Å²) < 4.78 is 0. The highest BCUT2D eigenvalue weighted by molar-refractivity contribution is 5.93. The smallest absolute Gasteiger partial charge is 0.141 e.